The first-order valence-electron chi connectivity index (χ1n) is 3.76. The van der Waals surface area contributed by atoms with Crippen LogP contribution in [0, 0.1) is 0 Å². The predicted molar refractivity (Wildman–Crippen MR) is 55.4 cm³/mol. The molecule has 1 aromatic rings. The molecule has 0 aliphatic rings. The van der Waals surface area contributed by atoms with Crippen LogP contribution < -0.4 is 0 Å². The first kappa shape index (κ1) is 9.99. The number of allylic oxidation sites excluding steroid dienone is 1. The summed E-state index contributed by atoms with van der Waals surface area (Å²) in [6.07, 6.45) is 0.636. The van der Waals surface area contributed by atoms with E-state index in [-0.39, 0.29) is 5.76 Å². The molecule has 0 aromatic heterocycles. The van der Waals surface area contributed by atoms with Gasteiger partial charge in [0.1, 0.15) is 12.0 Å². The van der Waals surface area contributed by atoms with E-state index >= 15 is 0 Å². The Labute approximate surface area is 85.0 Å². The maximum atomic E-state index is 10.4. The number of hydrogen-bond donors (Lipinski definition) is 1. The lowest BCUT2D eigenvalue weighted by molar-refractivity contribution is -0.104. The minimum Gasteiger partial charge on any atom is -0.507 e. The van der Waals surface area contributed by atoms with Crippen molar-refractivity contribution in [1.82, 2.24) is 0 Å². The lowest BCUT2D eigenvalue weighted by Gasteiger charge is -2.01. The van der Waals surface area contributed by atoms with Gasteiger partial charge in [-0.05, 0) is 19.1 Å². The molecule has 0 radical (unpaired) electrons. The number of rotatable bonds is 2. The van der Waals surface area contributed by atoms with E-state index in [1.54, 1.807) is 19.1 Å². The topological polar surface area (TPSA) is 37.3 Å². The van der Waals surface area contributed by atoms with E-state index in [1.165, 1.54) is 0 Å². The van der Waals surface area contributed by atoms with Crippen molar-refractivity contribution in [3.05, 3.63) is 39.9 Å². The number of carbonyl (C=O) groups is 1. The highest BCUT2D eigenvalue weighted by Crippen LogP contribution is 2.17. The minimum absolute atomic E-state index is 0.0301. The first-order chi connectivity index (χ1) is 6.15. The number of halogens is 1. The fourth-order valence-electron chi connectivity index (χ4n) is 0.891. The molecule has 0 saturated heterocycles. The van der Waals surface area contributed by atoms with Gasteiger partial charge >= 0.3 is 0 Å². The third kappa shape index (κ3) is 2.42. The van der Waals surface area contributed by atoms with Crippen LogP contribution in [0.15, 0.2) is 34.3 Å². The summed E-state index contributed by atoms with van der Waals surface area (Å²) < 4.78 is 0.938. The summed E-state index contributed by atoms with van der Waals surface area (Å²) in [7, 11) is 0. The normalized spacial score (nSPS) is 12.2. The number of benzene rings is 1. The Balaban J connectivity index is 3.09. The molecule has 1 aromatic carbocycles. The molecule has 1 N–H and O–H groups in total. The van der Waals surface area contributed by atoms with Gasteiger partial charge < -0.3 is 5.11 Å². The molecule has 0 bridgehead atoms. The van der Waals surface area contributed by atoms with Gasteiger partial charge in [0.2, 0.25) is 0 Å². The summed E-state index contributed by atoms with van der Waals surface area (Å²) >= 11 is 3.28. The largest absolute Gasteiger partial charge is 0.507 e. The fourth-order valence-corrected chi connectivity index (χ4v) is 1.16. The van der Waals surface area contributed by atoms with E-state index in [2.05, 4.69) is 15.9 Å². The molecule has 0 fully saturated rings. The zero-order valence-electron chi connectivity index (χ0n) is 7.12. The second kappa shape index (κ2) is 4.23. The summed E-state index contributed by atoms with van der Waals surface area (Å²) in [5.41, 5.74) is 0.982. The predicted octanol–water partition coefficient (Wildman–Crippen LogP) is 2.94. The van der Waals surface area contributed by atoms with Gasteiger partial charge in [0, 0.05) is 15.6 Å². The van der Waals surface area contributed by atoms with Crippen molar-refractivity contribution in [2.45, 2.75) is 6.92 Å². The highest BCUT2D eigenvalue weighted by atomic mass is 79.9. The third-order valence-electron chi connectivity index (χ3n) is 1.67. The Bertz CT molecular complexity index is 338. The van der Waals surface area contributed by atoms with Crippen LogP contribution in [0.25, 0.3) is 5.76 Å². The fraction of sp³-hybridized carbons (Fsp3) is 0.100. The maximum absolute atomic E-state index is 10.4. The molecule has 0 heterocycles. The minimum atomic E-state index is 0.0301. The molecule has 0 atom stereocenters. The zero-order chi connectivity index (χ0) is 9.84. The van der Waals surface area contributed by atoms with Gasteiger partial charge in [0.25, 0.3) is 0 Å². The van der Waals surface area contributed by atoms with Gasteiger partial charge in [-0.25, -0.2) is 0 Å². The molecule has 0 unspecified atom stereocenters. The molecular formula is C10H9BrO2. The van der Waals surface area contributed by atoms with Crippen molar-refractivity contribution in [1.29, 1.82) is 0 Å². The van der Waals surface area contributed by atoms with E-state index < -0.39 is 0 Å². The van der Waals surface area contributed by atoms with Gasteiger partial charge in [-0.1, -0.05) is 28.1 Å². The molecule has 2 nitrogen and oxygen atoms in total. The smallest absolute Gasteiger partial charge is 0.149 e. The number of aliphatic hydroxyl groups excluding tert-OH is 1. The lowest BCUT2D eigenvalue weighted by atomic mass is 10.1. The zero-order valence-corrected chi connectivity index (χ0v) is 8.71. The lowest BCUT2D eigenvalue weighted by Crippen LogP contribution is -1.88. The Hall–Kier alpha value is -1.09. The highest BCUT2D eigenvalue weighted by molar-refractivity contribution is 9.10. The summed E-state index contributed by atoms with van der Waals surface area (Å²) in [5.74, 6) is 0.0301. The van der Waals surface area contributed by atoms with Crippen LogP contribution >= 0.6 is 15.9 Å². The van der Waals surface area contributed by atoms with Gasteiger partial charge in [0.15, 0.2) is 0 Å². The van der Waals surface area contributed by atoms with Crippen LogP contribution in [0.2, 0.25) is 0 Å². The summed E-state index contributed by atoms with van der Waals surface area (Å²) in [5, 5.41) is 9.51. The van der Waals surface area contributed by atoms with Crippen molar-refractivity contribution in [2.24, 2.45) is 0 Å². The van der Waals surface area contributed by atoms with Crippen molar-refractivity contribution in [2.75, 3.05) is 0 Å². The first-order valence-corrected chi connectivity index (χ1v) is 4.55. The third-order valence-corrected chi connectivity index (χ3v) is 2.20. The standard InChI is InChI=1S/C10H9BrO2/c1-7(6-12)10(13)8-2-4-9(11)5-3-8/h2-6,13H,1H3. The molecule has 0 aliphatic carbocycles. The Kier molecular flexibility index (Phi) is 3.25. The summed E-state index contributed by atoms with van der Waals surface area (Å²) in [6.45, 7) is 1.57. The molecule has 0 saturated carbocycles. The van der Waals surface area contributed by atoms with E-state index in [1.807, 2.05) is 12.1 Å². The average molecular weight is 241 g/mol. The molecule has 0 aliphatic heterocycles. The quantitative estimate of drug-likeness (QED) is 0.491. The van der Waals surface area contributed by atoms with Crippen molar-refractivity contribution >= 4 is 28.0 Å². The monoisotopic (exact) mass is 240 g/mol. The Morgan fingerprint density at radius 1 is 1.38 bits per heavy atom. The highest BCUT2D eigenvalue weighted by Gasteiger charge is 2.02. The molecular weight excluding hydrogens is 232 g/mol. The van der Waals surface area contributed by atoms with Gasteiger partial charge in [-0.3, -0.25) is 4.79 Å². The number of carbonyl (C=O) groups excluding carboxylic acids is 1. The maximum Gasteiger partial charge on any atom is 0.149 e. The van der Waals surface area contributed by atoms with Crippen LogP contribution in [0.5, 0.6) is 0 Å². The van der Waals surface area contributed by atoms with Crippen molar-refractivity contribution in [3.63, 3.8) is 0 Å². The van der Waals surface area contributed by atoms with E-state index in [0.29, 0.717) is 17.4 Å². The molecule has 13 heavy (non-hydrogen) atoms. The molecule has 1 rings (SSSR count). The average Bonchev–Trinajstić information content (AvgIpc) is 2.17. The van der Waals surface area contributed by atoms with Gasteiger partial charge in [-0.15, -0.1) is 0 Å². The van der Waals surface area contributed by atoms with E-state index in [4.69, 9.17) is 0 Å². The van der Waals surface area contributed by atoms with Crippen LogP contribution in [-0.2, 0) is 4.79 Å². The number of hydrogen-bond acceptors (Lipinski definition) is 2. The SMILES string of the molecule is CC(C=O)=C(O)c1ccc(Br)cc1. The Morgan fingerprint density at radius 3 is 2.38 bits per heavy atom. The van der Waals surface area contributed by atoms with Crippen LogP contribution in [0.3, 0.4) is 0 Å². The summed E-state index contributed by atoms with van der Waals surface area (Å²) in [6, 6.07) is 7.10. The molecule has 0 amide bonds. The van der Waals surface area contributed by atoms with Crippen LogP contribution in [0.4, 0.5) is 0 Å². The number of aldehydes is 1. The summed E-state index contributed by atoms with van der Waals surface area (Å²) in [4.78, 5) is 10.4. The second-order valence-corrected chi connectivity index (χ2v) is 3.57. The Morgan fingerprint density at radius 2 is 1.92 bits per heavy atom. The van der Waals surface area contributed by atoms with Gasteiger partial charge in [0.05, 0.1) is 0 Å². The van der Waals surface area contributed by atoms with E-state index in [9.17, 15) is 9.90 Å². The molecule has 68 valence electrons. The van der Waals surface area contributed by atoms with Crippen molar-refractivity contribution < 1.29 is 9.90 Å². The van der Waals surface area contributed by atoms with Crippen molar-refractivity contribution in [3.8, 4) is 0 Å². The number of aliphatic hydroxyl groups is 1. The molecule has 3 heteroatoms. The van der Waals surface area contributed by atoms with E-state index in [0.717, 1.165) is 4.47 Å². The second-order valence-electron chi connectivity index (χ2n) is 2.66. The van der Waals surface area contributed by atoms with Crippen LogP contribution in [0.1, 0.15) is 12.5 Å². The van der Waals surface area contributed by atoms with Gasteiger partial charge in [-0.2, -0.15) is 0 Å². The molecule has 0 spiro atoms. The van der Waals surface area contributed by atoms with Crippen LogP contribution in [-0.4, -0.2) is 11.4 Å².